The molecule has 94 valence electrons. The summed E-state index contributed by atoms with van der Waals surface area (Å²) in [6, 6.07) is 0. The summed E-state index contributed by atoms with van der Waals surface area (Å²) in [4.78, 5) is 5.38. The van der Waals surface area contributed by atoms with Crippen LogP contribution in [0, 0.1) is 16.5 Å². The quantitative estimate of drug-likeness (QED) is 0.691. The van der Waals surface area contributed by atoms with E-state index in [-0.39, 0.29) is 5.41 Å². The summed E-state index contributed by atoms with van der Waals surface area (Å²) in [6.07, 6.45) is 1.99. The largest absolute Gasteiger partial charge is 0.762 e. The Balaban J connectivity index is 2.77. The highest BCUT2D eigenvalue weighted by atomic mass is 16.9. The molecule has 3 nitrogen and oxygen atoms in total. The van der Waals surface area contributed by atoms with Crippen LogP contribution in [-0.2, 0) is 4.84 Å². The Hall–Kier alpha value is -0.380. The van der Waals surface area contributed by atoms with Gasteiger partial charge in [0, 0.05) is 6.54 Å². The molecule has 0 saturated carbocycles. The summed E-state index contributed by atoms with van der Waals surface area (Å²) in [5.74, 6) is 0.352. The van der Waals surface area contributed by atoms with Gasteiger partial charge in [-0.25, -0.2) is 0 Å². The lowest BCUT2D eigenvalue weighted by Crippen LogP contribution is -2.56. The van der Waals surface area contributed by atoms with Crippen molar-refractivity contribution in [1.82, 2.24) is 5.23 Å². The van der Waals surface area contributed by atoms with Crippen LogP contribution in [-0.4, -0.2) is 17.4 Å². The van der Waals surface area contributed by atoms with Crippen molar-refractivity contribution >= 4 is 0 Å². The lowest BCUT2D eigenvalue weighted by Gasteiger charge is -2.56. The summed E-state index contributed by atoms with van der Waals surface area (Å²) < 4.78 is 0. The fraction of sp³-hybridized carbons (Fsp3) is 0.846. The maximum absolute atomic E-state index is 11.5. The van der Waals surface area contributed by atoms with Crippen molar-refractivity contribution in [2.75, 3.05) is 6.54 Å². The molecule has 0 radical (unpaired) electrons. The van der Waals surface area contributed by atoms with Crippen molar-refractivity contribution < 1.29 is 4.84 Å². The fourth-order valence-corrected chi connectivity index (χ4v) is 2.18. The van der Waals surface area contributed by atoms with Crippen molar-refractivity contribution in [3.05, 3.63) is 17.4 Å². The van der Waals surface area contributed by atoms with Gasteiger partial charge in [-0.05, 0) is 44.9 Å². The van der Waals surface area contributed by atoms with E-state index in [4.69, 9.17) is 4.84 Å². The first-order valence-electron chi connectivity index (χ1n) is 5.95. The first-order chi connectivity index (χ1) is 7.17. The van der Waals surface area contributed by atoms with Crippen molar-refractivity contribution in [1.29, 1.82) is 0 Å². The minimum atomic E-state index is -0.410. The van der Waals surface area contributed by atoms with Crippen molar-refractivity contribution in [2.24, 2.45) is 11.3 Å². The number of hydrogen-bond acceptors (Lipinski definition) is 3. The van der Waals surface area contributed by atoms with Crippen LogP contribution >= 0.6 is 0 Å². The first-order valence-corrected chi connectivity index (χ1v) is 5.95. The molecule has 1 aliphatic rings. The van der Waals surface area contributed by atoms with E-state index in [1.54, 1.807) is 0 Å². The molecule has 0 aromatic heterocycles. The average Bonchev–Trinajstić information content (AvgIpc) is 2.08. The van der Waals surface area contributed by atoms with E-state index in [0.717, 1.165) is 18.1 Å². The van der Waals surface area contributed by atoms with Crippen molar-refractivity contribution in [3.8, 4) is 0 Å². The third kappa shape index (κ3) is 2.65. The lowest BCUT2D eigenvalue weighted by atomic mass is 9.65. The van der Waals surface area contributed by atoms with Crippen LogP contribution in [0.25, 0.3) is 0 Å². The molecular weight excluding hydrogens is 202 g/mol. The van der Waals surface area contributed by atoms with E-state index >= 15 is 0 Å². The second kappa shape index (κ2) is 4.47. The Morgan fingerprint density at radius 3 is 2.50 bits per heavy atom. The minimum absolute atomic E-state index is 0.00333. The van der Waals surface area contributed by atoms with E-state index < -0.39 is 5.60 Å². The Kier molecular flexibility index (Phi) is 3.83. The zero-order chi connectivity index (χ0) is 12.6. The highest BCUT2D eigenvalue weighted by Gasteiger charge is 2.47. The van der Waals surface area contributed by atoms with Crippen LogP contribution in [0.15, 0.2) is 12.2 Å². The normalized spacial score (nSPS) is 29.0. The molecular formula is C13H24NO2-. The zero-order valence-electron chi connectivity index (χ0n) is 11.2. The van der Waals surface area contributed by atoms with Gasteiger partial charge in [0.05, 0.1) is 5.60 Å². The highest BCUT2D eigenvalue weighted by molar-refractivity contribution is 4.98. The van der Waals surface area contributed by atoms with E-state index in [1.807, 2.05) is 20.8 Å². The number of hydroxylamine groups is 2. The molecule has 1 atom stereocenters. The Labute approximate surface area is 99.0 Å². The minimum Gasteiger partial charge on any atom is -0.762 e. The second-order valence-electron chi connectivity index (χ2n) is 6.03. The van der Waals surface area contributed by atoms with Gasteiger partial charge in [0.15, 0.2) is 0 Å². The van der Waals surface area contributed by atoms with Gasteiger partial charge >= 0.3 is 0 Å². The molecule has 1 rings (SSSR count). The standard InChI is InChI=1S/C13H24NO2/c1-10(2)7-8-11-9-14(15)16-13(5,6)12(11,3)4/h11H,1,7-9H2,2-6H3/q-1. The SMILES string of the molecule is C=C(C)CCC1CN([O-])OC(C)(C)C1(C)C. The Morgan fingerprint density at radius 1 is 1.44 bits per heavy atom. The highest BCUT2D eigenvalue weighted by Crippen LogP contribution is 2.46. The van der Waals surface area contributed by atoms with Crippen LogP contribution in [0.4, 0.5) is 0 Å². The van der Waals surface area contributed by atoms with Crippen molar-refractivity contribution in [2.45, 2.75) is 53.1 Å². The topological polar surface area (TPSA) is 35.5 Å². The molecule has 0 N–H and O–H groups in total. The van der Waals surface area contributed by atoms with Gasteiger partial charge in [-0.1, -0.05) is 19.4 Å². The van der Waals surface area contributed by atoms with Crippen LogP contribution in [0.2, 0.25) is 0 Å². The molecule has 1 saturated heterocycles. The van der Waals surface area contributed by atoms with Gasteiger partial charge in [0.2, 0.25) is 0 Å². The first kappa shape index (κ1) is 13.7. The van der Waals surface area contributed by atoms with Gasteiger partial charge in [-0.2, -0.15) is 0 Å². The second-order valence-corrected chi connectivity index (χ2v) is 6.03. The summed E-state index contributed by atoms with van der Waals surface area (Å²) in [5, 5.41) is 12.2. The molecule has 1 aliphatic heterocycles. The summed E-state index contributed by atoms with van der Waals surface area (Å²) in [6.45, 7) is 14.8. The molecule has 0 amide bonds. The van der Waals surface area contributed by atoms with Crippen molar-refractivity contribution in [3.63, 3.8) is 0 Å². The number of rotatable bonds is 3. The predicted octanol–water partition coefficient (Wildman–Crippen LogP) is 3.51. The van der Waals surface area contributed by atoms with Gasteiger partial charge in [-0.3, -0.25) is 5.23 Å². The molecule has 0 aromatic rings. The summed E-state index contributed by atoms with van der Waals surface area (Å²) >= 11 is 0. The fourth-order valence-electron chi connectivity index (χ4n) is 2.18. The molecule has 0 aliphatic carbocycles. The summed E-state index contributed by atoms with van der Waals surface area (Å²) in [5.41, 5.74) is 0.772. The van der Waals surface area contributed by atoms with Crippen LogP contribution < -0.4 is 0 Å². The van der Waals surface area contributed by atoms with Gasteiger partial charge < -0.3 is 10.0 Å². The molecule has 0 spiro atoms. The van der Waals surface area contributed by atoms with Gasteiger partial charge in [-0.15, -0.1) is 6.58 Å². The van der Waals surface area contributed by atoms with Gasteiger partial charge in [0.1, 0.15) is 0 Å². The van der Waals surface area contributed by atoms with Gasteiger partial charge in [0.25, 0.3) is 0 Å². The number of allylic oxidation sites excluding steroid dienone is 1. The maximum atomic E-state index is 11.5. The lowest BCUT2D eigenvalue weighted by molar-refractivity contribution is -0.297. The molecule has 1 fully saturated rings. The van der Waals surface area contributed by atoms with E-state index in [2.05, 4.69) is 20.4 Å². The van der Waals surface area contributed by atoms with E-state index in [1.165, 1.54) is 5.57 Å². The third-order valence-corrected chi connectivity index (χ3v) is 4.19. The predicted molar refractivity (Wildman–Crippen MR) is 66.6 cm³/mol. The maximum Gasteiger partial charge on any atom is 0.0885 e. The van der Waals surface area contributed by atoms with E-state index in [9.17, 15) is 5.21 Å². The Bertz CT molecular complexity index is 271. The monoisotopic (exact) mass is 226 g/mol. The molecule has 3 heteroatoms. The molecule has 1 heterocycles. The third-order valence-electron chi connectivity index (χ3n) is 4.19. The average molecular weight is 226 g/mol. The van der Waals surface area contributed by atoms with Crippen LogP contribution in [0.3, 0.4) is 0 Å². The van der Waals surface area contributed by atoms with Crippen LogP contribution in [0.5, 0.6) is 0 Å². The summed E-state index contributed by atoms with van der Waals surface area (Å²) in [7, 11) is 0. The smallest absolute Gasteiger partial charge is 0.0885 e. The van der Waals surface area contributed by atoms with Crippen LogP contribution in [0.1, 0.15) is 47.5 Å². The molecule has 0 aromatic carbocycles. The zero-order valence-corrected chi connectivity index (χ0v) is 11.2. The molecule has 1 unspecified atom stereocenters. The number of nitrogens with zero attached hydrogens (tertiary/aromatic N) is 1. The molecule has 16 heavy (non-hydrogen) atoms. The number of hydrogen-bond donors (Lipinski definition) is 0. The van der Waals surface area contributed by atoms with E-state index in [0.29, 0.717) is 12.5 Å². The Morgan fingerprint density at radius 2 is 2.00 bits per heavy atom. The molecule has 0 bridgehead atoms.